The molecule has 0 aliphatic heterocycles. The molecule has 1 rings (SSSR count). The summed E-state index contributed by atoms with van der Waals surface area (Å²) in [5.74, 6) is -0.959. The van der Waals surface area contributed by atoms with Gasteiger partial charge in [0.1, 0.15) is 0 Å². The molecule has 84 valence electrons. The fourth-order valence-corrected chi connectivity index (χ4v) is 1.44. The molecule has 1 unspecified atom stereocenters. The van der Waals surface area contributed by atoms with E-state index in [1.807, 2.05) is 0 Å². The summed E-state index contributed by atoms with van der Waals surface area (Å²) < 4.78 is 0. The average Bonchev–Trinajstić information content (AvgIpc) is 2.26. The van der Waals surface area contributed by atoms with E-state index in [-0.39, 0.29) is 35.1 Å². The standard InChI is InChI=1S/C12H16O3.Na.H/c1-2-3-7-11(13)9-5-4-6-10(8-9)12(14)15;;/h4-6,8,11,13H,2-3,7H2,1H3,(H,14,15);;. The first-order valence-electron chi connectivity index (χ1n) is 5.16. The van der Waals surface area contributed by atoms with Gasteiger partial charge in [-0.1, -0.05) is 31.9 Å². The van der Waals surface area contributed by atoms with Crippen molar-refractivity contribution < 1.29 is 15.0 Å². The first-order chi connectivity index (χ1) is 7.15. The summed E-state index contributed by atoms with van der Waals surface area (Å²) in [5.41, 5.74) is 0.909. The van der Waals surface area contributed by atoms with Crippen LogP contribution in [0.1, 0.15) is 48.2 Å². The molecule has 4 heteroatoms. The zero-order valence-electron chi connectivity index (χ0n) is 8.81. The quantitative estimate of drug-likeness (QED) is 0.763. The fraction of sp³-hybridized carbons (Fsp3) is 0.417. The summed E-state index contributed by atoms with van der Waals surface area (Å²) in [6.45, 7) is 2.06. The summed E-state index contributed by atoms with van der Waals surface area (Å²) in [5, 5.41) is 18.6. The van der Waals surface area contributed by atoms with Crippen LogP contribution in [0.25, 0.3) is 0 Å². The SMILES string of the molecule is CCCCC(O)c1cccc(C(=O)O)c1.[NaH]. The summed E-state index contributed by atoms with van der Waals surface area (Å²) in [6, 6.07) is 6.47. The predicted octanol–water partition coefficient (Wildman–Crippen LogP) is 1.96. The third kappa shape index (κ3) is 4.66. The Labute approximate surface area is 118 Å². The van der Waals surface area contributed by atoms with Gasteiger partial charge in [0, 0.05) is 0 Å². The van der Waals surface area contributed by atoms with Gasteiger partial charge in [-0.05, 0) is 24.1 Å². The minimum atomic E-state index is -0.959. The van der Waals surface area contributed by atoms with Gasteiger partial charge in [-0.2, -0.15) is 0 Å². The normalized spacial score (nSPS) is 11.6. The number of aromatic carboxylic acids is 1. The molecule has 2 N–H and O–H groups in total. The van der Waals surface area contributed by atoms with Gasteiger partial charge < -0.3 is 10.2 Å². The minimum absolute atomic E-state index is 0. The van der Waals surface area contributed by atoms with Gasteiger partial charge in [-0.15, -0.1) is 0 Å². The van der Waals surface area contributed by atoms with Crippen LogP contribution in [0, 0.1) is 0 Å². The van der Waals surface area contributed by atoms with Crippen molar-refractivity contribution in [2.75, 3.05) is 0 Å². The maximum absolute atomic E-state index is 10.7. The van der Waals surface area contributed by atoms with E-state index in [4.69, 9.17) is 5.11 Å². The van der Waals surface area contributed by atoms with Crippen LogP contribution in [0.2, 0.25) is 0 Å². The summed E-state index contributed by atoms with van der Waals surface area (Å²) in [7, 11) is 0. The molecule has 0 heterocycles. The van der Waals surface area contributed by atoms with Crippen molar-refractivity contribution in [3.63, 3.8) is 0 Å². The Balaban J connectivity index is 0.00000225. The van der Waals surface area contributed by atoms with E-state index >= 15 is 0 Å². The predicted molar refractivity (Wildman–Crippen MR) is 65.0 cm³/mol. The van der Waals surface area contributed by atoms with E-state index in [9.17, 15) is 9.90 Å². The van der Waals surface area contributed by atoms with E-state index in [0.29, 0.717) is 12.0 Å². The maximum atomic E-state index is 10.7. The van der Waals surface area contributed by atoms with E-state index in [0.717, 1.165) is 12.8 Å². The number of unbranched alkanes of at least 4 members (excludes halogenated alkanes) is 1. The molecule has 0 aliphatic rings. The summed E-state index contributed by atoms with van der Waals surface area (Å²) in [4.78, 5) is 10.7. The molecule has 0 bridgehead atoms. The van der Waals surface area contributed by atoms with Crippen LogP contribution in [0.5, 0.6) is 0 Å². The van der Waals surface area contributed by atoms with Crippen molar-refractivity contribution in [1.29, 1.82) is 0 Å². The Morgan fingerprint density at radius 1 is 1.44 bits per heavy atom. The van der Waals surface area contributed by atoms with Gasteiger partial charge in [0.15, 0.2) is 0 Å². The molecule has 0 fully saturated rings. The number of benzene rings is 1. The first kappa shape index (κ1) is 15.7. The van der Waals surface area contributed by atoms with Crippen molar-refractivity contribution in [2.24, 2.45) is 0 Å². The van der Waals surface area contributed by atoms with Crippen molar-refractivity contribution in [3.05, 3.63) is 35.4 Å². The zero-order valence-corrected chi connectivity index (χ0v) is 8.81. The van der Waals surface area contributed by atoms with Gasteiger partial charge in [0.25, 0.3) is 0 Å². The fourth-order valence-electron chi connectivity index (χ4n) is 1.44. The third-order valence-corrected chi connectivity index (χ3v) is 2.35. The molecule has 0 radical (unpaired) electrons. The van der Waals surface area contributed by atoms with E-state index in [1.165, 1.54) is 12.1 Å². The zero-order chi connectivity index (χ0) is 11.3. The van der Waals surface area contributed by atoms with Gasteiger partial charge in [-0.3, -0.25) is 0 Å². The second kappa shape index (κ2) is 7.85. The van der Waals surface area contributed by atoms with Crippen molar-refractivity contribution >= 4 is 35.5 Å². The Hall–Kier alpha value is -0.350. The number of carboxylic acids is 1. The van der Waals surface area contributed by atoms with Crippen LogP contribution in [-0.4, -0.2) is 45.7 Å². The van der Waals surface area contributed by atoms with Gasteiger partial charge in [0.2, 0.25) is 0 Å². The van der Waals surface area contributed by atoms with Crippen LogP contribution in [-0.2, 0) is 0 Å². The number of hydrogen-bond acceptors (Lipinski definition) is 2. The number of aliphatic hydroxyl groups excluding tert-OH is 1. The molecule has 0 spiro atoms. The Morgan fingerprint density at radius 3 is 2.69 bits per heavy atom. The number of hydrogen-bond donors (Lipinski definition) is 2. The molecular formula is C12H17NaO3. The van der Waals surface area contributed by atoms with Crippen LogP contribution < -0.4 is 0 Å². The number of carbonyl (C=O) groups is 1. The van der Waals surface area contributed by atoms with Crippen LogP contribution >= 0.6 is 0 Å². The number of carboxylic acid groups (broad SMARTS) is 1. The number of aliphatic hydroxyl groups is 1. The summed E-state index contributed by atoms with van der Waals surface area (Å²) in [6.07, 6.45) is 2.09. The Morgan fingerprint density at radius 2 is 2.12 bits per heavy atom. The molecule has 0 aliphatic carbocycles. The van der Waals surface area contributed by atoms with E-state index < -0.39 is 12.1 Å². The average molecular weight is 232 g/mol. The Bertz CT molecular complexity index is 339. The molecule has 0 aromatic heterocycles. The molecule has 0 saturated carbocycles. The van der Waals surface area contributed by atoms with Crippen molar-refractivity contribution in [1.82, 2.24) is 0 Å². The van der Waals surface area contributed by atoms with E-state index in [2.05, 4.69) is 6.92 Å². The van der Waals surface area contributed by atoms with Crippen LogP contribution in [0.4, 0.5) is 0 Å². The molecule has 3 nitrogen and oxygen atoms in total. The van der Waals surface area contributed by atoms with Gasteiger partial charge >= 0.3 is 35.5 Å². The Kier molecular flexibility index (Phi) is 7.68. The molecule has 1 atom stereocenters. The third-order valence-electron chi connectivity index (χ3n) is 2.35. The molecule has 1 aromatic carbocycles. The van der Waals surface area contributed by atoms with Crippen molar-refractivity contribution in [2.45, 2.75) is 32.3 Å². The second-order valence-electron chi connectivity index (χ2n) is 3.59. The van der Waals surface area contributed by atoms with E-state index in [1.54, 1.807) is 12.1 Å². The molecule has 0 saturated heterocycles. The topological polar surface area (TPSA) is 57.5 Å². The first-order valence-corrected chi connectivity index (χ1v) is 5.16. The van der Waals surface area contributed by atoms with Gasteiger partial charge in [0.05, 0.1) is 11.7 Å². The molecule has 1 aromatic rings. The summed E-state index contributed by atoms with van der Waals surface area (Å²) >= 11 is 0. The molecule has 0 amide bonds. The monoisotopic (exact) mass is 232 g/mol. The van der Waals surface area contributed by atoms with Crippen LogP contribution in [0.3, 0.4) is 0 Å². The van der Waals surface area contributed by atoms with Crippen LogP contribution in [0.15, 0.2) is 24.3 Å². The molecular weight excluding hydrogens is 215 g/mol. The van der Waals surface area contributed by atoms with Crippen molar-refractivity contribution in [3.8, 4) is 0 Å². The van der Waals surface area contributed by atoms with Gasteiger partial charge in [-0.25, -0.2) is 4.79 Å². The molecule has 16 heavy (non-hydrogen) atoms. The second-order valence-corrected chi connectivity index (χ2v) is 3.59. The number of rotatable bonds is 5.